The van der Waals surface area contributed by atoms with Crippen molar-refractivity contribution in [2.45, 2.75) is 32.7 Å². The van der Waals surface area contributed by atoms with Crippen LogP contribution in [-0.4, -0.2) is 7.05 Å². The molecule has 2 nitrogen and oxygen atoms in total. The smallest absolute Gasteiger partial charge is 0.262 e. The van der Waals surface area contributed by atoms with E-state index in [2.05, 4.69) is 104 Å². The van der Waals surface area contributed by atoms with E-state index in [1.807, 2.05) is 11.3 Å². The average molecular weight is 488 g/mol. The van der Waals surface area contributed by atoms with Gasteiger partial charge < -0.3 is 28.9 Å². The van der Waals surface area contributed by atoms with Gasteiger partial charge in [0, 0.05) is 36.0 Å². The van der Waals surface area contributed by atoms with Crippen molar-refractivity contribution in [3.05, 3.63) is 77.0 Å². The number of thiazole rings is 1. The Labute approximate surface area is 182 Å². The van der Waals surface area contributed by atoms with Crippen LogP contribution in [0.2, 0.25) is 0 Å². The SMILES string of the molecule is CC[n+]1c(/C=C/C=C2/N(C)c3ccccc3C2(C)C)sc2ccccc21.[I-]. The standard InChI is InChI=1S/C23H25N2S.HI/c1-5-25-19-13-8-9-14-20(19)26-22(25)16-10-15-21-23(2,3)17-11-6-7-12-18(17)24(21)4;/h6-16H,5H2,1-4H3;1H/q+1;/p-1. The molecule has 1 aromatic heterocycles. The van der Waals surface area contributed by atoms with E-state index in [1.54, 1.807) is 0 Å². The molecule has 0 spiro atoms. The van der Waals surface area contributed by atoms with Gasteiger partial charge in [0.05, 0.1) is 0 Å². The lowest BCUT2D eigenvalue weighted by molar-refractivity contribution is -0.665. The molecule has 1 aliphatic rings. The summed E-state index contributed by atoms with van der Waals surface area (Å²) in [6, 6.07) is 17.3. The van der Waals surface area contributed by atoms with Crippen LogP contribution >= 0.6 is 11.3 Å². The first-order valence-electron chi connectivity index (χ1n) is 9.17. The third-order valence-corrected chi connectivity index (χ3v) is 6.52. The normalized spacial score (nSPS) is 16.9. The first kappa shape index (κ1) is 20.1. The average Bonchev–Trinajstić information content (AvgIpc) is 3.10. The highest BCUT2D eigenvalue weighted by Crippen LogP contribution is 2.46. The predicted octanol–water partition coefficient (Wildman–Crippen LogP) is 2.54. The van der Waals surface area contributed by atoms with Crippen molar-refractivity contribution in [1.82, 2.24) is 0 Å². The molecule has 3 aromatic rings. The van der Waals surface area contributed by atoms with Crippen LogP contribution in [0.15, 0.2) is 66.4 Å². The minimum absolute atomic E-state index is 0. The Morgan fingerprint density at radius 1 is 1.07 bits per heavy atom. The third kappa shape index (κ3) is 3.34. The molecular formula is C23H25IN2S. The van der Waals surface area contributed by atoms with Crippen LogP contribution in [0.5, 0.6) is 0 Å². The maximum Gasteiger partial charge on any atom is 0.262 e. The molecule has 0 N–H and O–H groups in total. The number of aryl methyl sites for hydroxylation is 1. The zero-order valence-corrected chi connectivity index (χ0v) is 19.2. The number of hydrogen-bond acceptors (Lipinski definition) is 2. The van der Waals surface area contributed by atoms with Gasteiger partial charge in [0.15, 0.2) is 0 Å². The minimum atomic E-state index is 0. The lowest BCUT2D eigenvalue weighted by Crippen LogP contribution is -3.00. The number of para-hydroxylation sites is 2. The van der Waals surface area contributed by atoms with E-state index in [0.717, 1.165) is 6.54 Å². The Balaban J connectivity index is 0.00000210. The lowest BCUT2D eigenvalue weighted by Gasteiger charge is -2.23. The highest BCUT2D eigenvalue weighted by Gasteiger charge is 2.37. The second kappa shape index (κ2) is 7.76. The van der Waals surface area contributed by atoms with Crippen molar-refractivity contribution >= 4 is 33.3 Å². The van der Waals surface area contributed by atoms with Crippen LogP contribution in [0.25, 0.3) is 16.3 Å². The van der Waals surface area contributed by atoms with Crippen molar-refractivity contribution in [2.24, 2.45) is 0 Å². The minimum Gasteiger partial charge on any atom is -1.00 e. The van der Waals surface area contributed by atoms with Gasteiger partial charge in [-0.05, 0) is 30.7 Å². The Hall–Kier alpha value is -1.66. The molecule has 0 fully saturated rings. The van der Waals surface area contributed by atoms with Crippen LogP contribution < -0.4 is 33.4 Å². The van der Waals surface area contributed by atoms with Gasteiger partial charge in [-0.1, -0.05) is 61.6 Å². The molecule has 0 atom stereocenters. The first-order valence-corrected chi connectivity index (χ1v) is 9.99. The molecule has 0 amide bonds. The van der Waals surface area contributed by atoms with Crippen LogP contribution in [0.1, 0.15) is 31.3 Å². The second-order valence-corrected chi connectivity index (χ2v) is 8.33. The molecule has 140 valence electrons. The fraction of sp³-hybridized carbons (Fsp3) is 0.261. The second-order valence-electron chi connectivity index (χ2n) is 7.26. The number of benzene rings is 2. The summed E-state index contributed by atoms with van der Waals surface area (Å²) in [5.41, 5.74) is 5.38. The molecular weight excluding hydrogens is 463 g/mol. The number of rotatable bonds is 3. The molecule has 4 heteroatoms. The van der Waals surface area contributed by atoms with Gasteiger partial charge in [0.2, 0.25) is 5.52 Å². The monoisotopic (exact) mass is 488 g/mol. The van der Waals surface area contributed by atoms with Crippen LogP contribution in [0.4, 0.5) is 5.69 Å². The van der Waals surface area contributed by atoms with Gasteiger partial charge in [-0.25, -0.2) is 0 Å². The van der Waals surface area contributed by atoms with Crippen molar-refractivity contribution in [2.75, 3.05) is 11.9 Å². The summed E-state index contributed by atoms with van der Waals surface area (Å²) in [6.45, 7) is 7.80. The van der Waals surface area contributed by atoms with Gasteiger partial charge in [-0.15, -0.1) is 0 Å². The summed E-state index contributed by atoms with van der Waals surface area (Å²) >= 11 is 1.85. The van der Waals surface area contributed by atoms with Crippen LogP contribution in [-0.2, 0) is 12.0 Å². The number of likely N-dealkylation sites (N-methyl/N-ethyl adjacent to an activating group) is 1. The number of anilines is 1. The van der Waals surface area contributed by atoms with E-state index < -0.39 is 0 Å². The Morgan fingerprint density at radius 3 is 2.52 bits per heavy atom. The molecule has 2 heterocycles. The summed E-state index contributed by atoms with van der Waals surface area (Å²) in [7, 11) is 2.17. The van der Waals surface area contributed by atoms with Crippen LogP contribution in [0.3, 0.4) is 0 Å². The Bertz CT molecular complexity index is 1030. The van der Waals surface area contributed by atoms with E-state index in [4.69, 9.17) is 0 Å². The highest BCUT2D eigenvalue weighted by atomic mass is 127. The number of aromatic nitrogens is 1. The summed E-state index contributed by atoms with van der Waals surface area (Å²) in [6.07, 6.45) is 6.72. The molecule has 0 saturated heterocycles. The predicted molar refractivity (Wildman–Crippen MR) is 113 cm³/mol. The molecule has 1 aliphatic heterocycles. The van der Waals surface area contributed by atoms with Crippen molar-refractivity contribution < 1.29 is 28.5 Å². The quantitative estimate of drug-likeness (QED) is 0.406. The summed E-state index contributed by atoms with van der Waals surface area (Å²) < 4.78 is 3.72. The Morgan fingerprint density at radius 2 is 1.78 bits per heavy atom. The molecule has 0 unspecified atom stereocenters. The number of fused-ring (bicyclic) bond motifs is 2. The number of allylic oxidation sites excluding steroid dienone is 3. The van der Waals surface area contributed by atoms with E-state index in [1.165, 1.54) is 32.2 Å². The van der Waals surface area contributed by atoms with Crippen molar-refractivity contribution in [3.63, 3.8) is 0 Å². The third-order valence-electron chi connectivity index (χ3n) is 5.39. The zero-order valence-electron chi connectivity index (χ0n) is 16.2. The molecule has 4 rings (SSSR count). The Kier molecular flexibility index (Phi) is 5.77. The number of halogens is 1. The van der Waals surface area contributed by atoms with E-state index >= 15 is 0 Å². The highest BCUT2D eigenvalue weighted by molar-refractivity contribution is 7.18. The molecule has 0 bridgehead atoms. The summed E-state index contributed by atoms with van der Waals surface area (Å²) in [5, 5.41) is 1.29. The first-order chi connectivity index (χ1) is 12.5. The summed E-state index contributed by atoms with van der Waals surface area (Å²) in [4.78, 5) is 2.32. The van der Waals surface area contributed by atoms with Gasteiger partial charge in [0.25, 0.3) is 5.01 Å². The number of nitrogens with zero attached hydrogens (tertiary/aromatic N) is 2. The van der Waals surface area contributed by atoms with Crippen LogP contribution in [0, 0.1) is 0 Å². The van der Waals surface area contributed by atoms with E-state index in [9.17, 15) is 0 Å². The molecule has 0 radical (unpaired) electrons. The van der Waals surface area contributed by atoms with Crippen molar-refractivity contribution in [1.29, 1.82) is 0 Å². The van der Waals surface area contributed by atoms with Gasteiger partial charge in [-0.2, -0.15) is 4.57 Å². The fourth-order valence-corrected chi connectivity index (χ4v) is 5.17. The number of hydrogen-bond donors (Lipinski definition) is 0. The topological polar surface area (TPSA) is 7.12 Å². The largest absolute Gasteiger partial charge is 1.00 e. The van der Waals surface area contributed by atoms with Gasteiger partial charge in [-0.3, -0.25) is 0 Å². The van der Waals surface area contributed by atoms with E-state index in [-0.39, 0.29) is 29.4 Å². The maximum absolute atomic E-state index is 2.38. The maximum atomic E-state index is 2.38. The molecule has 0 saturated carbocycles. The van der Waals surface area contributed by atoms with Crippen molar-refractivity contribution in [3.8, 4) is 0 Å². The fourth-order valence-electron chi connectivity index (χ4n) is 4.03. The molecule has 27 heavy (non-hydrogen) atoms. The lowest BCUT2D eigenvalue weighted by atomic mass is 9.84. The summed E-state index contributed by atoms with van der Waals surface area (Å²) in [5.74, 6) is 0. The van der Waals surface area contributed by atoms with Gasteiger partial charge >= 0.3 is 0 Å². The van der Waals surface area contributed by atoms with Gasteiger partial charge in [0.1, 0.15) is 11.2 Å². The molecule has 2 aromatic carbocycles. The van der Waals surface area contributed by atoms with E-state index in [0.29, 0.717) is 0 Å². The molecule has 0 aliphatic carbocycles. The zero-order chi connectivity index (χ0) is 18.3.